The van der Waals surface area contributed by atoms with Crippen molar-refractivity contribution in [2.75, 3.05) is 7.11 Å². The van der Waals surface area contributed by atoms with Gasteiger partial charge >= 0.3 is 5.97 Å². The van der Waals surface area contributed by atoms with Crippen molar-refractivity contribution >= 4 is 5.97 Å². The third kappa shape index (κ3) is 2.77. The van der Waals surface area contributed by atoms with Gasteiger partial charge in [-0.3, -0.25) is 10.1 Å². The SMILES string of the molecule is COC(=O)C(C)C1CC[C@@H](C)C2CC[C@@](C)(OO)C=C12. The van der Waals surface area contributed by atoms with Crippen LogP contribution in [0.4, 0.5) is 0 Å². The van der Waals surface area contributed by atoms with Crippen molar-refractivity contribution in [2.45, 2.75) is 52.1 Å². The fourth-order valence-corrected chi connectivity index (χ4v) is 3.91. The zero-order valence-corrected chi connectivity index (χ0v) is 12.9. The summed E-state index contributed by atoms with van der Waals surface area (Å²) in [6, 6.07) is 0. The highest BCUT2D eigenvalue weighted by atomic mass is 17.1. The quantitative estimate of drug-likeness (QED) is 0.373. The van der Waals surface area contributed by atoms with Crippen LogP contribution in [0.5, 0.6) is 0 Å². The Labute approximate surface area is 121 Å². The molecule has 4 heteroatoms. The molecule has 0 aromatic heterocycles. The number of carbonyl (C=O) groups excluding carboxylic acids is 1. The largest absolute Gasteiger partial charge is 0.469 e. The van der Waals surface area contributed by atoms with E-state index in [0.717, 1.165) is 25.7 Å². The Morgan fingerprint density at radius 2 is 2.15 bits per heavy atom. The molecule has 0 bridgehead atoms. The first-order valence-corrected chi connectivity index (χ1v) is 7.55. The maximum absolute atomic E-state index is 11.9. The van der Waals surface area contributed by atoms with Crippen molar-refractivity contribution in [1.29, 1.82) is 0 Å². The summed E-state index contributed by atoms with van der Waals surface area (Å²) in [5.41, 5.74) is 0.668. The van der Waals surface area contributed by atoms with Gasteiger partial charge < -0.3 is 4.74 Å². The van der Waals surface area contributed by atoms with Gasteiger partial charge in [-0.25, -0.2) is 4.89 Å². The van der Waals surface area contributed by atoms with Crippen LogP contribution in [0.1, 0.15) is 46.5 Å². The fourth-order valence-electron chi connectivity index (χ4n) is 3.91. The number of hydrogen-bond donors (Lipinski definition) is 1. The third-order valence-corrected chi connectivity index (χ3v) is 5.29. The number of methoxy groups -OCH3 is 1. The van der Waals surface area contributed by atoms with Crippen LogP contribution in [0.15, 0.2) is 11.6 Å². The van der Waals surface area contributed by atoms with Crippen LogP contribution in [-0.2, 0) is 14.4 Å². The molecule has 0 aromatic rings. The molecule has 0 radical (unpaired) electrons. The minimum atomic E-state index is -0.614. The Hall–Kier alpha value is -0.870. The molecule has 0 heterocycles. The highest BCUT2D eigenvalue weighted by Gasteiger charge is 2.42. The van der Waals surface area contributed by atoms with E-state index in [1.807, 2.05) is 13.8 Å². The molecule has 2 aliphatic carbocycles. The van der Waals surface area contributed by atoms with E-state index in [-0.39, 0.29) is 17.8 Å². The molecule has 1 saturated carbocycles. The van der Waals surface area contributed by atoms with Crippen molar-refractivity contribution in [3.8, 4) is 0 Å². The number of esters is 1. The van der Waals surface area contributed by atoms with Gasteiger partial charge in [-0.05, 0) is 50.4 Å². The summed E-state index contributed by atoms with van der Waals surface area (Å²) < 4.78 is 4.90. The van der Waals surface area contributed by atoms with E-state index in [4.69, 9.17) is 9.99 Å². The van der Waals surface area contributed by atoms with Gasteiger partial charge in [-0.2, -0.15) is 0 Å². The molecule has 4 nitrogen and oxygen atoms in total. The summed E-state index contributed by atoms with van der Waals surface area (Å²) in [6.45, 7) is 6.12. The van der Waals surface area contributed by atoms with Crippen molar-refractivity contribution in [3.05, 3.63) is 11.6 Å². The second kappa shape index (κ2) is 5.86. The lowest BCUT2D eigenvalue weighted by Gasteiger charge is -2.44. The molecule has 1 fully saturated rings. The van der Waals surface area contributed by atoms with Crippen molar-refractivity contribution in [3.63, 3.8) is 0 Å². The summed E-state index contributed by atoms with van der Waals surface area (Å²) in [4.78, 5) is 16.6. The topological polar surface area (TPSA) is 55.8 Å². The molecule has 0 saturated heterocycles. The molecule has 0 spiro atoms. The number of hydrogen-bond acceptors (Lipinski definition) is 4. The first kappa shape index (κ1) is 15.5. The number of ether oxygens (including phenoxy) is 1. The number of allylic oxidation sites excluding steroid dienone is 1. The Balaban J connectivity index is 2.31. The summed E-state index contributed by atoms with van der Waals surface area (Å²) >= 11 is 0. The van der Waals surface area contributed by atoms with Gasteiger partial charge in [0.2, 0.25) is 0 Å². The lowest BCUT2D eigenvalue weighted by atomic mass is 9.62. The van der Waals surface area contributed by atoms with Crippen LogP contribution < -0.4 is 0 Å². The van der Waals surface area contributed by atoms with Gasteiger partial charge in [0.1, 0.15) is 5.60 Å². The average molecular weight is 282 g/mol. The summed E-state index contributed by atoms with van der Waals surface area (Å²) in [5, 5.41) is 9.15. The van der Waals surface area contributed by atoms with Crippen LogP contribution in [-0.4, -0.2) is 23.9 Å². The molecule has 0 aliphatic heterocycles. The fraction of sp³-hybridized carbons (Fsp3) is 0.812. The van der Waals surface area contributed by atoms with Gasteiger partial charge in [0.15, 0.2) is 0 Å². The second-order valence-corrected chi connectivity index (χ2v) is 6.67. The zero-order valence-electron chi connectivity index (χ0n) is 12.9. The molecule has 2 rings (SSSR count). The Kier molecular flexibility index (Phi) is 4.55. The lowest BCUT2D eigenvalue weighted by molar-refractivity contribution is -0.306. The average Bonchev–Trinajstić information content (AvgIpc) is 2.46. The maximum atomic E-state index is 11.9. The molecule has 0 aromatic carbocycles. The Morgan fingerprint density at radius 3 is 2.75 bits per heavy atom. The molecule has 2 aliphatic rings. The molecular weight excluding hydrogens is 256 g/mol. The minimum Gasteiger partial charge on any atom is -0.469 e. The van der Waals surface area contributed by atoms with E-state index >= 15 is 0 Å². The van der Waals surface area contributed by atoms with Crippen molar-refractivity contribution in [1.82, 2.24) is 0 Å². The van der Waals surface area contributed by atoms with Gasteiger partial charge in [0.05, 0.1) is 13.0 Å². The molecule has 1 N–H and O–H groups in total. The van der Waals surface area contributed by atoms with Gasteiger partial charge in [-0.1, -0.05) is 25.5 Å². The zero-order chi connectivity index (χ0) is 14.9. The van der Waals surface area contributed by atoms with Crippen molar-refractivity contribution < 1.29 is 19.7 Å². The van der Waals surface area contributed by atoms with Gasteiger partial charge in [0.25, 0.3) is 0 Å². The smallest absolute Gasteiger partial charge is 0.308 e. The summed E-state index contributed by atoms with van der Waals surface area (Å²) in [7, 11) is 1.44. The summed E-state index contributed by atoms with van der Waals surface area (Å²) in [5.74, 6) is 1.05. The second-order valence-electron chi connectivity index (χ2n) is 6.67. The normalized spacial score (nSPS) is 38.6. The van der Waals surface area contributed by atoms with Crippen LogP contribution in [0, 0.1) is 23.7 Å². The van der Waals surface area contributed by atoms with E-state index < -0.39 is 5.60 Å². The van der Waals surface area contributed by atoms with E-state index in [0.29, 0.717) is 11.8 Å². The molecular formula is C16H26O4. The summed E-state index contributed by atoms with van der Waals surface area (Å²) in [6.07, 6.45) is 6.03. The van der Waals surface area contributed by atoms with Crippen LogP contribution in [0.2, 0.25) is 0 Å². The molecule has 20 heavy (non-hydrogen) atoms. The van der Waals surface area contributed by atoms with E-state index in [2.05, 4.69) is 17.9 Å². The Bertz CT molecular complexity index is 403. The molecule has 3 unspecified atom stereocenters. The van der Waals surface area contributed by atoms with Crippen LogP contribution in [0.25, 0.3) is 0 Å². The number of carbonyl (C=O) groups is 1. The molecule has 0 amide bonds. The van der Waals surface area contributed by atoms with E-state index in [1.54, 1.807) is 0 Å². The number of fused-ring (bicyclic) bond motifs is 1. The monoisotopic (exact) mass is 282 g/mol. The first-order valence-electron chi connectivity index (χ1n) is 7.55. The van der Waals surface area contributed by atoms with E-state index in [1.165, 1.54) is 12.7 Å². The highest BCUT2D eigenvalue weighted by Crippen LogP contribution is 2.48. The third-order valence-electron chi connectivity index (χ3n) is 5.29. The van der Waals surface area contributed by atoms with Crippen LogP contribution >= 0.6 is 0 Å². The Morgan fingerprint density at radius 1 is 1.45 bits per heavy atom. The predicted molar refractivity (Wildman–Crippen MR) is 76.0 cm³/mol. The first-order chi connectivity index (χ1) is 9.41. The minimum absolute atomic E-state index is 0.137. The maximum Gasteiger partial charge on any atom is 0.308 e. The number of rotatable bonds is 3. The highest BCUT2D eigenvalue weighted by molar-refractivity contribution is 5.72. The predicted octanol–water partition coefficient (Wildman–Crippen LogP) is 3.43. The van der Waals surface area contributed by atoms with Gasteiger partial charge in [-0.15, -0.1) is 0 Å². The van der Waals surface area contributed by atoms with Crippen LogP contribution in [0.3, 0.4) is 0 Å². The standard InChI is InChI=1S/C16H26O4/c1-10-5-6-13(11(2)15(17)19-4)14-9-16(3,20-18)8-7-12(10)14/h9-13,18H,5-8H2,1-4H3/t10-,11?,12?,13?,16-/m1/s1. The molecule has 114 valence electrons. The lowest BCUT2D eigenvalue weighted by Crippen LogP contribution is -2.40. The van der Waals surface area contributed by atoms with Gasteiger partial charge in [0, 0.05) is 0 Å². The molecule has 5 atom stereocenters. The van der Waals surface area contributed by atoms with Crippen molar-refractivity contribution in [2.24, 2.45) is 23.7 Å². The van der Waals surface area contributed by atoms with E-state index in [9.17, 15) is 4.79 Å².